The van der Waals surface area contributed by atoms with Crippen LogP contribution in [-0.2, 0) is 14.4 Å². The molecule has 50 heavy (non-hydrogen) atoms. The highest BCUT2D eigenvalue weighted by Crippen LogP contribution is 2.11. The predicted molar refractivity (Wildman–Crippen MR) is 221 cm³/mol. The molecule has 0 aromatic carbocycles. The lowest BCUT2D eigenvalue weighted by molar-refractivity contribution is -0.129. The first-order valence-electron chi connectivity index (χ1n) is 20.6. The molecule has 3 amide bonds. The number of unbranched alkanes of at least 4 members (excludes halogenated alkanes) is 19. The molecule has 6 nitrogen and oxygen atoms in total. The van der Waals surface area contributed by atoms with Crippen molar-refractivity contribution in [3.05, 3.63) is 37.0 Å². The fourth-order valence-corrected chi connectivity index (χ4v) is 5.11. The van der Waals surface area contributed by atoms with Gasteiger partial charge in [-0.3, -0.25) is 14.4 Å². The van der Waals surface area contributed by atoms with Gasteiger partial charge in [-0.2, -0.15) is 0 Å². The third-order valence-corrected chi connectivity index (χ3v) is 8.61. The second-order valence-electron chi connectivity index (χ2n) is 14.3. The lowest BCUT2D eigenvalue weighted by Gasteiger charge is -2.09. The van der Waals surface area contributed by atoms with Gasteiger partial charge in [-0.05, 0) is 77.0 Å². The molecule has 0 aliphatic carbocycles. The van der Waals surface area contributed by atoms with E-state index in [0.717, 1.165) is 32.1 Å². The molecule has 0 unspecified atom stereocenters. The van der Waals surface area contributed by atoms with Gasteiger partial charge in [-0.25, -0.2) is 0 Å². The van der Waals surface area contributed by atoms with Crippen LogP contribution in [0.5, 0.6) is 0 Å². The molecule has 0 saturated carbocycles. The van der Waals surface area contributed by atoms with E-state index in [4.69, 9.17) is 0 Å². The first-order chi connectivity index (χ1) is 24.0. The minimum atomic E-state index is 0.246. The van der Waals surface area contributed by atoms with Crippen LogP contribution in [0.25, 0.3) is 0 Å². The lowest BCUT2D eigenvalue weighted by atomic mass is 10.1. The van der Waals surface area contributed by atoms with Crippen LogP contribution in [-0.4, -0.2) is 74.7 Å². The Morgan fingerprint density at radius 3 is 0.980 bits per heavy atom. The normalized spacial score (nSPS) is 10.7. The summed E-state index contributed by atoms with van der Waals surface area (Å²) in [5.74, 6) is 0.762. The SMILES string of the molecule is C=CCCCCCCCC(=O)N(C)C.CC/C=C/CCCCCCCC(=O)N(C)C.CCCCCC/C=C/CCCCCCCC(=O)N(C)C. The van der Waals surface area contributed by atoms with Crippen molar-refractivity contribution in [2.75, 3.05) is 42.3 Å². The summed E-state index contributed by atoms with van der Waals surface area (Å²) >= 11 is 0. The molecule has 6 heteroatoms. The fraction of sp³-hybridized carbons (Fsp3) is 0.795. The van der Waals surface area contributed by atoms with Crippen molar-refractivity contribution in [3.63, 3.8) is 0 Å². The van der Waals surface area contributed by atoms with E-state index in [2.05, 4.69) is 44.7 Å². The molecule has 0 aromatic heterocycles. The molecule has 0 rings (SSSR count). The van der Waals surface area contributed by atoms with Gasteiger partial charge < -0.3 is 14.7 Å². The monoisotopic (exact) mass is 704 g/mol. The second-order valence-corrected chi connectivity index (χ2v) is 14.3. The van der Waals surface area contributed by atoms with E-state index in [1.54, 1.807) is 14.7 Å². The number of hydrogen-bond acceptors (Lipinski definition) is 3. The number of nitrogens with zero attached hydrogens (tertiary/aromatic N) is 3. The third kappa shape index (κ3) is 45.6. The summed E-state index contributed by atoms with van der Waals surface area (Å²) in [5, 5.41) is 0. The van der Waals surface area contributed by atoms with Gasteiger partial charge in [0.25, 0.3) is 0 Å². The van der Waals surface area contributed by atoms with Crippen molar-refractivity contribution in [1.82, 2.24) is 14.7 Å². The Bertz CT molecular complexity index is 817. The van der Waals surface area contributed by atoms with Gasteiger partial charge in [0, 0.05) is 61.5 Å². The van der Waals surface area contributed by atoms with Gasteiger partial charge in [0.05, 0.1) is 0 Å². The third-order valence-electron chi connectivity index (χ3n) is 8.61. The van der Waals surface area contributed by atoms with Crippen molar-refractivity contribution in [2.24, 2.45) is 0 Å². The Balaban J connectivity index is -0.000000675. The molecule has 0 aliphatic heterocycles. The van der Waals surface area contributed by atoms with Crippen molar-refractivity contribution in [1.29, 1.82) is 0 Å². The van der Waals surface area contributed by atoms with E-state index in [9.17, 15) is 14.4 Å². The summed E-state index contributed by atoms with van der Waals surface area (Å²) in [6.45, 7) is 8.11. The molecule has 0 heterocycles. The Labute approximate surface area is 312 Å². The molecule has 0 fully saturated rings. The highest BCUT2D eigenvalue weighted by molar-refractivity contribution is 5.76. The van der Waals surface area contributed by atoms with Crippen molar-refractivity contribution >= 4 is 17.7 Å². The summed E-state index contributed by atoms with van der Waals surface area (Å²) in [6, 6.07) is 0. The van der Waals surface area contributed by atoms with Gasteiger partial charge in [-0.1, -0.05) is 121 Å². The number of hydrogen-bond donors (Lipinski definition) is 0. The molecule has 0 aromatic rings. The predicted octanol–water partition coefficient (Wildman–Crippen LogP) is 12.1. The summed E-state index contributed by atoms with van der Waals surface area (Å²) in [7, 11) is 10.9. The quantitative estimate of drug-likeness (QED) is 0.0552. The molecule has 0 atom stereocenters. The average Bonchev–Trinajstić information content (AvgIpc) is 3.09. The molecule has 0 saturated heterocycles. The van der Waals surface area contributed by atoms with E-state index in [1.165, 1.54) is 122 Å². The van der Waals surface area contributed by atoms with E-state index < -0.39 is 0 Å². The highest BCUT2D eigenvalue weighted by Gasteiger charge is 2.04. The van der Waals surface area contributed by atoms with Gasteiger partial charge in [0.15, 0.2) is 0 Å². The van der Waals surface area contributed by atoms with Crippen LogP contribution in [0.1, 0.15) is 187 Å². The van der Waals surface area contributed by atoms with Crippen LogP contribution in [0, 0.1) is 0 Å². The number of amides is 3. The molecule has 0 bridgehead atoms. The summed E-state index contributed by atoms with van der Waals surface area (Å²) in [5.41, 5.74) is 0. The Morgan fingerprint density at radius 1 is 0.400 bits per heavy atom. The van der Waals surface area contributed by atoms with Crippen molar-refractivity contribution in [3.8, 4) is 0 Å². The summed E-state index contributed by atoms with van der Waals surface area (Å²) in [4.78, 5) is 38.8. The molecule has 294 valence electrons. The van der Waals surface area contributed by atoms with Gasteiger partial charge >= 0.3 is 0 Å². The summed E-state index contributed by atoms with van der Waals surface area (Å²) in [6.07, 6.45) is 42.9. The van der Waals surface area contributed by atoms with Gasteiger partial charge in [0.1, 0.15) is 0 Å². The number of rotatable bonds is 30. The smallest absolute Gasteiger partial charge is 0.222 e. The van der Waals surface area contributed by atoms with Crippen molar-refractivity contribution < 1.29 is 14.4 Å². The topological polar surface area (TPSA) is 60.9 Å². The average molecular weight is 704 g/mol. The maximum absolute atomic E-state index is 11.4. The zero-order valence-electron chi connectivity index (χ0n) is 34.8. The van der Waals surface area contributed by atoms with E-state index in [-0.39, 0.29) is 17.7 Å². The standard InChI is InChI=1S/C18H35NO.C14H27NO.C12H23NO/c1-4-5-6-7-8-9-10-11-12-13-14-15-16-17-18(20)19(2)3;1-4-5-6-7-8-9-10-11-12-13-14(16)15(2)3;1-4-5-6-7-8-9-10-11-12(14)13(2)3/h9-10H,4-8,11-17H2,1-3H3;5-6H,4,7-13H2,1-3H3;4H,1,5-11H2,2-3H3/b10-9+;6-5+;. The molecular weight excluding hydrogens is 619 g/mol. The van der Waals surface area contributed by atoms with E-state index in [1.807, 2.05) is 48.4 Å². The van der Waals surface area contributed by atoms with Gasteiger partial charge in [0.2, 0.25) is 17.7 Å². The van der Waals surface area contributed by atoms with Crippen LogP contribution in [0.2, 0.25) is 0 Å². The second kappa shape index (κ2) is 42.8. The highest BCUT2D eigenvalue weighted by atomic mass is 16.2. The van der Waals surface area contributed by atoms with Crippen LogP contribution in [0.3, 0.4) is 0 Å². The molecule has 0 N–H and O–H groups in total. The largest absolute Gasteiger partial charge is 0.349 e. The first kappa shape index (κ1) is 52.0. The molecule has 0 radical (unpaired) electrons. The zero-order valence-corrected chi connectivity index (χ0v) is 34.8. The van der Waals surface area contributed by atoms with Crippen LogP contribution < -0.4 is 0 Å². The molecular formula is C44H85N3O3. The number of carbonyl (C=O) groups excluding carboxylic acids is 3. The Morgan fingerprint density at radius 2 is 0.680 bits per heavy atom. The summed E-state index contributed by atoms with van der Waals surface area (Å²) < 4.78 is 0. The fourth-order valence-electron chi connectivity index (χ4n) is 5.11. The van der Waals surface area contributed by atoms with Crippen LogP contribution in [0.4, 0.5) is 0 Å². The van der Waals surface area contributed by atoms with Gasteiger partial charge in [-0.15, -0.1) is 6.58 Å². The maximum Gasteiger partial charge on any atom is 0.222 e. The molecule has 0 aliphatic rings. The minimum Gasteiger partial charge on any atom is -0.349 e. The minimum absolute atomic E-state index is 0.246. The Hall–Kier alpha value is -2.37. The molecule has 0 spiro atoms. The Kier molecular flexibility index (Phi) is 44.5. The van der Waals surface area contributed by atoms with E-state index >= 15 is 0 Å². The number of allylic oxidation sites excluding steroid dienone is 5. The van der Waals surface area contributed by atoms with Crippen LogP contribution >= 0.6 is 0 Å². The maximum atomic E-state index is 11.4. The van der Waals surface area contributed by atoms with Crippen molar-refractivity contribution in [2.45, 2.75) is 187 Å². The van der Waals surface area contributed by atoms with E-state index in [0.29, 0.717) is 19.3 Å². The lowest BCUT2D eigenvalue weighted by Crippen LogP contribution is -2.20. The zero-order chi connectivity index (χ0) is 38.1. The van der Waals surface area contributed by atoms with Crippen LogP contribution in [0.15, 0.2) is 37.0 Å². The number of carbonyl (C=O) groups is 3. The first-order valence-corrected chi connectivity index (χ1v) is 20.6.